The van der Waals surface area contributed by atoms with Gasteiger partial charge in [0.1, 0.15) is 17.6 Å². The van der Waals surface area contributed by atoms with E-state index in [2.05, 4.69) is 5.32 Å². The van der Waals surface area contributed by atoms with Crippen LogP contribution in [0.3, 0.4) is 0 Å². The molecule has 2 amide bonds. The van der Waals surface area contributed by atoms with Crippen molar-refractivity contribution < 1.29 is 28.4 Å². The number of hydrogen-bond acceptors (Lipinski definition) is 6. The van der Waals surface area contributed by atoms with Crippen LogP contribution in [-0.4, -0.2) is 47.9 Å². The number of carbonyl (C=O) groups is 2. The Morgan fingerprint density at radius 3 is 2.41 bits per heavy atom. The number of nitro benzene ring substituents is 1. The summed E-state index contributed by atoms with van der Waals surface area (Å²) in [7, 11) is 1.30. The molecule has 1 atom stereocenters. The Kier molecular flexibility index (Phi) is 10.8. The van der Waals surface area contributed by atoms with Gasteiger partial charge in [-0.2, -0.15) is 0 Å². The summed E-state index contributed by atoms with van der Waals surface area (Å²) in [5, 5.41) is 14.1. The van der Waals surface area contributed by atoms with E-state index in [9.17, 15) is 24.1 Å². The summed E-state index contributed by atoms with van der Waals surface area (Å²) in [4.78, 5) is 39.0. The minimum atomic E-state index is -0.864. The van der Waals surface area contributed by atoms with Crippen LogP contribution in [0.1, 0.15) is 30.9 Å². The van der Waals surface area contributed by atoms with E-state index < -0.39 is 29.3 Å². The van der Waals surface area contributed by atoms with Crippen LogP contribution in [0.4, 0.5) is 10.1 Å². The van der Waals surface area contributed by atoms with E-state index >= 15 is 0 Å². The zero-order valence-electron chi connectivity index (χ0n) is 22.0. The van der Waals surface area contributed by atoms with Crippen molar-refractivity contribution in [2.24, 2.45) is 0 Å². The van der Waals surface area contributed by atoms with Crippen LogP contribution in [-0.2, 0) is 22.6 Å². The predicted octanol–water partition coefficient (Wildman–Crippen LogP) is 4.68. The number of benzene rings is 3. The van der Waals surface area contributed by atoms with Crippen molar-refractivity contribution in [1.82, 2.24) is 10.2 Å². The van der Waals surface area contributed by atoms with Crippen LogP contribution >= 0.6 is 0 Å². The molecule has 0 aromatic heterocycles. The molecule has 0 bridgehead atoms. The maximum absolute atomic E-state index is 13.6. The van der Waals surface area contributed by atoms with Crippen LogP contribution in [0, 0.1) is 15.9 Å². The molecule has 3 rings (SSSR count). The van der Waals surface area contributed by atoms with Gasteiger partial charge in [-0.05, 0) is 35.7 Å². The number of rotatable bonds is 14. The first-order valence-corrected chi connectivity index (χ1v) is 12.6. The molecule has 9 nitrogen and oxygen atoms in total. The number of carbonyl (C=O) groups excluding carboxylic acids is 2. The van der Waals surface area contributed by atoms with Crippen molar-refractivity contribution in [3.8, 4) is 11.5 Å². The summed E-state index contributed by atoms with van der Waals surface area (Å²) in [6.45, 7) is 2.10. The Hall–Kier alpha value is -4.47. The highest BCUT2D eigenvalue weighted by molar-refractivity contribution is 5.88. The van der Waals surface area contributed by atoms with E-state index in [0.717, 1.165) is 18.4 Å². The lowest BCUT2D eigenvalue weighted by molar-refractivity contribution is -0.385. The average molecular weight is 538 g/mol. The van der Waals surface area contributed by atoms with Gasteiger partial charge in [-0.1, -0.05) is 55.8 Å². The lowest BCUT2D eigenvalue weighted by Gasteiger charge is -2.31. The molecule has 0 aliphatic rings. The van der Waals surface area contributed by atoms with E-state index in [1.807, 2.05) is 37.3 Å². The highest BCUT2D eigenvalue weighted by atomic mass is 19.1. The van der Waals surface area contributed by atoms with Gasteiger partial charge >= 0.3 is 5.69 Å². The van der Waals surface area contributed by atoms with E-state index in [1.54, 1.807) is 12.1 Å². The smallest absolute Gasteiger partial charge is 0.311 e. The van der Waals surface area contributed by atoms with Crippen molar-refractivity contribution in [1.29, 1.82) is 0 Å². The molecule has 0 aliphatic carbocycles. The monoisotopic (exact) mass is 537 g/mol. The van der Waals surface area contributed by atoms with Gasteiger partial charge in [0.15, 0.2) is 6.61 Å². The molecule has 1 unspecified atom stereocenters. The van der Waals surface area contributed by atoms with Crippen LogP contribution in [0.5, 0.6) is 11.5 Å². The number of ether oxygens (including phenoxy) is 2. The molecule has 206 valence electrons. The maximum atomic E-state index is 13.6. The standard InChI is InChI=1S/C29H32FN3O6/c1-3-4-16-31-29(35)26(17-21-8-6-5-7-9-21)32(19-22-10-12-23(30)13-11-22)28(34)20-39-24-14-15-25(33(36)37)27(18-24)38-2/h5-15,18,26H,3-4,16-17,19-20H2,1-2H3,(H,31,35). The number of hydrogen-bond donors (Lipinski definition) is 1. The second kappa shape index (κ2) is 14.5. The van der Waals surface area contributed by atoms with E-state index in [-0.39, 0.29) is 36.1 Å². The summed E-state index contributed by atoms with van der Waals surface area (Å²) < 4.78 is 24.3. The number of nitrogens with zero attached hydrogens (tertiary/aromatic N) is 2. The molecular formula is C29H32FN3O6. The Bertz CT molecular complexity index is 1250. The number of halogens is 1. The van der Waals surface area contributed by atoms with Crippen molar-refractivity contribution in [3.63, 3.8) is 0 Å². The predicted molar refractivity (Wildman–Crippen MR) is 144 cm³/mol. The molecule has 3 aromatic rings. The Morgan fingerprint density at radius 1 is 1.05 bits per heavy atom. The largest absolute Gasteiger partial charge is 0.490 e. The molecule has 0 saturated heterocycles. The third kappa shape index (κ3) is 8.53. The molecule has 0 saturated carbocycles. The van der Waals surface area contributed by atoms with Crippen LogP contribution < -0.4 is 14.8 Å². The van der Waals surface area contributed by atoms with Gasteiger partial charge in [-0.3, -0.25) is 19.7 Å². The Balaban J connectivity index is 1.89. The van der Waals surface area contributed by atoms with Crippen molar-refractivity contribution in [2.75, 3.05) is 20.3 Å². The lowest BCUT2D eigenvalue weighted by atomic mass is 10.0. The van der Waals surface area contributed by atoms with E-state index in [1.165, 1.54) is 42.3 Å². The summed E-state index contributed by atoms with van der Waals surface area (Å²) in [6, 6.07) is 18.1. The minimum Gasteiger partial charge on any atom is -0.490 e. The summed E-state index contributed by atoms with van der Waals surface area (Å²) in [6.07, 6.45) is 1.95. The van der Waals surface area contributed by atoms with Gasteiger partial charge in [0.25, 0.3) is 5.91 Å². The first-order chi connectivity index (χ1) is 18.8. The normalized spacial score (nSPS) is 11.4. The van der Waals surface area contributed by atoms with Gasteiger partial charge in [0.05, 0.1) is 12.0 Å². The highest BCUT2D eigenvalue weighted by Gasteiger charge is 2.30. The molecule has 0 aliphatic heterocycles. The molecule has 0 spiro atoms. The zero-order valence-corrected chi connectivity index (χ0v) is 22.0. The van der Waals surface area contributed by atoms with Gasteiger partial charge in [-0.25, -0.2) is 4.39 Å². The second-order valence-corrected chi connectivity index (χ2v) is 8.88. The summed E-state index contributed by atoms with van der Waals surface area (Å²) in [5.41, 5.74) is 1.27. The van der Waals surface area contributed by atoms with Gasteiger partial charge in [-0.15, -0.1) is 0 Å². The van der Waals surface area contributed by atoms with Gasteiger partial charge in [0.2, 0.25) is 11.7 Å². The number of amides is 2. The van der Waals surface area contributed by atoms with Crippen LogP contribution in [0.2, 0.25) is 0 Å². The third-order valence-corrected chi connectivity index (χ3v) is 6.08. The Morgan fingerprint density at radius 2 is 1.77 bits per heavy atom. The lowest BCUT2D eigenvalue weighted by Crippen LogP contribution is -2.51. The van der Waals surface area contributed by atoms with Crippen molar-refractivity contribution >= 4 is 17.5 Å². The maximum Gasteiger partial charge on any atom is 0.311 e. The van der Waals surface area contributed by atoms with Crippen LogP contribution in [0.15, 0.2) is 72.8 Å². The summed E-state index contributed by atoms with van der Waals surface area (Å²) >= 11 is 0. The number of methoxy groups -OCH3 is 1. The molecule has 10 heteroatoms. The van der Waals surface area contributed by atoms with Crippen LogP contribution in [0.25, 0.3) is 0 Å². The van der Waals surface area contributed by atoms with Gasteiger partial charge in [0, 0.05) is 31.6 Å². The fourth-order valence-corrected chi connectivity index (χ4v) is 3.97. The van der Waals surface area contributed by atoms with Crippen molar-refractivity contribution in [3.05, 3.63) is 99.9 Å². The fourth-order valence-electron chi connectivity index (χ4n) is 3.97. The molecule has 0 heterocycles. The third-order valence-electron chi connectivity index (χ3n) is 6.08. The molecule has 0 radical (unpaired) electrons. The number of unbranched alkanes of at least 4 members (excludes halogenated alkanes) is 1. The number of nitro groups is 1. The topological polar surface area (TPSA) is 111 Å². The molecule has 0 fully saturated rings. The first-order valence-electron chi connectivity index (χ1n) is 12.6. The minimum absolute atomic E-state index is 0.00891. The van der Waals surface area contributed by atoms with Gasteiger partial charge < -0.3 is 19.7 Å². The molecule has 3 aromatic carbocycles. The van der Waals surface area contributed by atoms with Crippen molar-refractivity contribution in [2.45, 2.75) is 38.8 Å². The molecular weight excluding hydrogens is 505 g/mol. The fraction of sp³-hybridized carbons (Fsp3) is 0.310. The second-order valence-electron chi connectivity index (χ2n) is 8.88. The summed E-state index contributed by atoms with van der Waals surface area (Å²) in [5.74, 6) is -1.02. The SMILES string of the molecule is CCCCNC(=O)C(Cc1ccccc1)N(Cc1ccc(F)cc1)C(=O)COc1ccc([N+](=O)[O-])c(OC)c1. The average Bonchev–Trinajstić information content (AvgIpc) is 2.94. The van der Waals surface area contributed by atoms with E-state index in [4.69, 9.17) is 9.47 Å². The highest BCUT2D eigenvalue weighted by Crippen LogP contribution is 2.30. The quantitative estimate of drug-likeness (QED) is 0.182. The number of nitrogens with one attached hydrogen (secondary N) is 1. The first kappa shape index (κ1) is 29.1. The molecule has 39 heavy (non-hydrogen) atoms. The Labute approximate surface area is 226 Å². The molecule has 1 N–H and O–H groups in total. The van der Waals surface area contributed by atoms with E-state index in [0.29, 0.717) is 12.1 Å². The zero-order chi connectivity index (χ0) is 28.2.